The average Bonchev–Trinajstić information content (AvgIpc) is 3.38. The zero-order valence-corrected chi connectivity index (χ0v) is 18.7. The molecule has 0 saturated heterocycles. The monoisotopic (exact) mass is 409 g/mol. The molecule has 0 heterocycles. The van der Waals surface area contributed by atoms with Gasteiger partial charge in [0.2, 0.25) is 0 Å². The largest absolute Gasteiger partial charge is 0.481 e. The van der Waals surface area contributed by atoms with Crippen molar-refractivity contribution in [3.05, 3.63) is 12.2 Å². The summed E-state index contributed by atoms with van der Waals surface area (Å²) in [5.41, 5.74) is -0.879. The molecule has 2 saturated carbocycles. The smallest absolute Gasteiger partial charge is 0.309 e. The molecule has 0 aromatic carbocycles. The van der Waals surface area contributed by atoms with Crippen LogP contribution in [-0.4, -0.2) is 35.7 Å². The third-order valence-electron chi connectivity index (χ3n) is 6.85. The van der Waals surface area contributed by atoms with Crippen molar-refractivity contribution in [3.63, 3.8) is 0 Å². The van der Waals surface area contributed by atoms with Crippen LogP contribution in [0.2, 0.25) is 0 Å². The molecule has 5 heteroatoms. The minimum absolute atomic E-state index is 0.434. The van der Waals surface area contributed by atoms with Gasteiger partial charge in [0.1, 0.15) is 0 Å². The van der Waals surface area contributed by atoms with Crippen LogP contribution < -0.4 is 5.32 Å². The van der Waals surface area contributed by atoms with Gasteiger partial charge in [-0.05, 0) is 77.8 Å². The summed E-state index contributed by atoms with van der Waals surface area (Å²) < 4.78 is 0. The summed E-state index contributed by atoms with van der Waals surface area (Å²) >= 11 is 0. The van der Waals surface area contributed by atoms with Crippen LogP contribution >= 0.6 is 0 Å². The molecule has 2 aliphatic carbocycles. The zero-order valence-electron chi connectivity index (χ0n) is 18.7. The number of nitrogens with one attached hydrogen (secondary N) is 1. The van der Waals surface area contributed by atoms with E-state index >= 15 is 0 Å². The molecular weight excluding hydrogens is 366 g/mol. The number of hydrogen-bond acceptors (Lipinski definition) is 3. The predicted octanol–water partition coefficient (Wildman–Crippen LogP) is 5.79. The van der Waals surface area contributed by atoms with E-state index in [0.717, 1.165) is 103 Å². The first-order valence-electron chi connectivity index (χ1n) is 11.7. The van der Waals surface area contributed by atoms with Crippen LogP contribution in [0.25, 0.3) is 0 Å². The summed E-state index contributed by atoms with van der Waals surface area (Å²) in [5, 5.41) is 21.8. The molecule has 0 amide bonds. The number of carboxylic acid groups (broad SMARTS) is 2. The van der Waals surface area contributed by atoms with E-state index in [1.54, 1.807) is 0 Å². The lowest BCUT2D eigenvalue weighted by Gasteiger charge is -2.23. The van der Waals surface area contributed by atoms with E-state index in [0.29, 0.717) is 0 Å². The van der Waals surface area contributed by atoms with E-state index in [1.807, 2.05) is 7.05 Å². The molecule has 168 valence electrons. The number of unbranched alkanes of at least 4 members (excludes halogenated alkanes) is 3. The summed E-state index contributed by atoms with van der Waals surface area (Å²) in [4.78, 5) is 23.0. The molecule has 0 bridgehead atoms. The van der Waals surface area contributed by atoms with Crippen LogP contribution in [0, 0.1) is 10.8 Å². The Bertz CT molecular complexity index is 501. The summed E-state index contributed by atoms with van der Waals surface area (Å²) in [6, 6.07) is 0. The SMILES string of the molecule is CCNC.O=C(O)C1(CCC/C=C\CCCCC2(C(=O)O)CCCC2)CCCC1. The minimum Gasteiger partial charge on any atom is -0.481 e. The highest BCUT2D eigenvalue weighted by molar-refractivity contribution is 5.75. The van der Waals surface area contributed by atoms with Crippen LogP contribution in [0.3, 0.4) is 0 Å². The molecule has 2 fully saturated rings. The van der Waals surface area contributed by atoms with Crippen molar-refractivity contribution < 1.29 is 19.8 Å². The number of aliphatic carboxylic acids is 2. The van der Waals surface area contributed by atoms with E-state index < -0.39 is 22.8 Å². The number of carbonyl (C=O) groups is 2. The van der Waals surface area contributed by atoms with Gasteiger partial charge in [0, 0.05) is 0 Å². The second-order valence-corrected chi connectivity index (χ2v) is 8.90. The van der Waals surface area contributed by atoms with Gasteiger partial charge in [-0.2, -0.15) is 0 Å². The second kappa shape index (κ2) is 13.8. The molecule has 2 rings (SSSR count). The van der Waals surface area contributed by atoms with Crippen molar-refractivity contribution in [2.24, 2.45) is 10.8 Å². The Hall–Kier alpha value is -1.36. The lowest BCUT2D eigenvalue weighted by Crippen LogP contribution is -2.27. The van der Waals surface area contributed by atoms with Gasteiger partial charge in [0.15, 0.2) is 0 Å². The third-order valence-corrected chi connectivity index (χ3v) is 6.85. The third kappa shape index (κ3) is 8.49. The molecule has 0 unspecified atom stereocenters. The minimum atomic E-state index is -0.603. The lowest BCUT2D eigenvalue weighted by atomic mass is 9.81. The van der Waals surface area contributed by atoms with E-state index in [9.17, 15) is 19.8 Å². The van der Waals surface area contributed by atoms with Gasteiger partial charge in [0.05, 0.1) is 10.8 Å². The van der Waals surface area contributed by atoms with E-state index in [4.69, 9.17) is 0 Å². The summed E-state index contributed by atoms with van der Waals surface area (Å²) in [7, 11) is 1.93. The number of rotatable bonds is 12. The maximum Gasteiger partial charge on any atom is 0.309 e. The van der Waals surface area contributed by atoms with Gasteiger partial charge in [-0.3, -0.25) is 9.59 Å². The Kier molecular flexibility index (Phi) is 12.2. The van der Waals surface area contributed by atoms with Crippen molar-refractivity contribution in [1.82, 2.24) is 5.32 Å². The Morgan fingerprint density at radius 1 is 0.793 bits per heavy atom. The average molecular weight is 410 g/mol. The maximum atomic E-state index is 11.5. The van der Waals surface area contributed by atoms with E-state index in [-0.39, 0.29) is 0 Å². The Morgan fingerprint density at radius 2 is 1.17 bits per heavy atom. The topological polar surface area (TPSA) is 86.6 Å². The Labute approximate surface area is 177 Å². The second-order valence-electron chi connectivity index (χ2n) is 8.90. The van der Waals surface area contributed by atoms with Crippen LogP contribution in [0.4, 0.5) is 0 Å². The predicted molar refractivity (Wildman–Crippen MR) is 118 cm³/mol. The highest BCUT2D eigenvalue weighted by Crippen LogP contribution is 2.43. The molecule has 0 atom stereocenters. The van der Waals surface area contributed by atoms with Crippen LogP contribution in [-0.2, 0) is 9.59 Å². The van der Waals surface area contributed by atoms with Gasteiger partial charge in [-0.1, -0.05) is 51.2 Å². The summed E-state index contributed by atoms with van der Waals surface area (Å²) in [5.74, 6) is -1.20. The number of hydrogen-bond donors (Lipinski definition) is 3. The standard InChI is InChI=1S/C21H34O4.C3H9N/c22-18(23)20(14-8-9-15-20)12-6-4-2-1-3-5-7-13-21(19(24)25)16-10-11-17-21;1-3-4-2/h1-2H,3-17H2,(H,22,23)(H,24,25);4H,3H2,1-2H3/b2-1-;. The Balaban J connectivity index is 0.000000960. The van der Waals surface area contributed by atoms with Gasteiger partial charge in [-0.25, -0.2) is 0 Å². The molecule has 3 N–H and O–H groups in total. The van der Waals surface area contributed by atoms with Crippen LogP contribution in [0.1, 0.15) is 103 Å². The normalized spacial score (nSPS) is 19.8. The van der Waals surface area contributed by atoms with Gasteiger partial charge >= 0.3 is 11.9 Å². The van der Waals surface area contributed by atoms with Gasteiger partial charge in [0.25, 0.3) is 0 Å². The zero-order chi connectivity index (χ0) is 21.6. The molecule has 0 aromatic heterocycles. The van der Waals surface area contributed by atoms with E-state index in [1.165, 1.54) is 0 Å². The molecule has 0 spiro atoms. The lowest BCUT2D eigenvalue weighted by molar-refractivity contribution is -0.150. The van der Waals surface area contributed by atoms with Gasteiger partial charge in [-0.15, -0.1) is 0 Å². The first-order chi connectivity index (χ1) is 13.9. The quantitative estimate of drug-likeness (QED) is 0.280. The van der Waals surface area contributed by atoms with Crippen molar-refractivity contribution in [1.29, 1.82) is 0 Å². The van der Waals surface area contributed by atoms with Crippen molar-refractivity contribution in [2.75, 3.05) is 13.6 Å². The van der Waals surface area contributed by atoms with Crippen molar-refractivity contribution in [3.8, 4) is 0 Å². The first kappa shape index (κ1) is 25.7. The molecule has 2 aliphatic rings. The van der Waals surface area contributed by atoms with Crippen molar-refractivity contribution >= 4 is 11.9 Å². The first-order valence-corrected chi connectivity index (χ1v) is 11.7. The molecule has 5 nitrogen and oxygen atoms in total. The number of allylic oxidation sites excluding steroid dienone is 2. The molecule has 0 aromatic rings. The number of carboxylic acids is 2. The van der Waals surface area contributed by atoms with Gasteiger partial charge < -0.3 is 15.5 Å². The van der Waals surface area contributed by atoms with E-state index in [2.05, 4.69) is 24.4 Å². The van der Waals surface area contributed by atoms with Crippen LogP contribution in [0.15, 0.2) is 12.2 Å². The fourth-order valence-electron chi connectivity index (χ4n) is 4.76. The fourth-order valence-corrected chi connectivity index (χ4v) is 4.76. The summed E-state index contributed by atoms with van der Waals surface area (Å²) in [6.45, 7) is 3.14. The van der Waals surface area contributed by atoms with Crippen molar-refractivity contribution in [2.45, 2.75) is 103 Å². The highest BCUT2D eigenvalue weighted by atomic mass is 16.4. The highest BCUT2D eigenvalue weighted by Gasteiger charge is 2.41. The molecule has 0 aliphatic heterocycles. The molecule has 0 radical (unpaired) electrons. The van der Waals surface area contributed by atoms with Crippen LogP contribution in [0.5, 0.6) is 0 Å². The Morgan fingerprint density at radius 3 is 1.55 bits per heavy atom. The molecular formula is C24H43NO4. The summed E-state index contributed by atoms with van der Waals surface area (Å²) in [6.07, 6.45) is 18.5. The fraction of sp³-hybridized carbons (Fsp3) is 0.833. The maximum absolute atomic E-state index is 11.5. The molecule has 29 heavy (non-hydrogen) atoms.